The largest absolute Gasteiger partial charge is 0.493 e. The molecule has 1 atom stereocenters. The van der Waals surface area contributed by atoms with Crippen molar-refractivity contribution in [2.75, 3.05) is 7.11 Å². The molecule has 0 spiro atoms. The lowest BCUT2D eigenvalue weighted by Crippen LogP contribution is -2.17. The van der Waals surface area contributed by atoms with Crippen molar-refractivity contribution in [2.45, 2.75) is 5.92 Å². The van der Waals surface area contributed by atoms with E-state index in [-0.39, 0.29) is 11.7 Å². The third-order valence-electron chi connectivity index (χ3n) is 5.31. The fourth-order valence-corrected chi connectivity index (χ4v) is 3.90. The van der Waals surface area contributed by atoms with Crippen LogP contribution in [0.4, 0.5) is 0 Å². The molecule has 0 fully saturated rings. The van der Waals surface area contributed by atoms with Gasteiger partial charge >= 0.3 is 0 Å². The van der Waals surface area contributed by atoms with Crippen molar-refractivity contribution in [3.63, 3.8) is 0 Å². The number of benzene rings is 2. The fourth-order valence-electron chi connectivity index (χ4n) is 3.90. The van der Waals surface area contributed by atoms with Crippen molar-refractivity contribution in [3.05, 3.63) is 108 Å². The number of allylic oxidation sites excluding steroid dienone is 3. The molecule has 30 heavy (non-hydrogen) atoms. The molecular formula is C25H19N3O2. The van der Waals surface area contributed by atoms with E-state index in [0.717, 1.165) is 27.8 Å². The van der Waals surface area contributed by atoms with Gasteiger partial charge in [-0.25, -0.2) is 4.68 Å². The number of hydrogen-bond donors (Lipinski definition) is 0. The fraction of sp³-hybridized carbons (Fsp3) is 0.0800. The van der Waals surface area contributed by atoms with Gasteiger partial charge in [0.05, 0.1) is 30.2 Å². The Labute approximate surface area is 173 Å². The molecule has 0 amide bonds. The molecule has 0 saturated carbocycles. The minimum absolute atomic E-state index is 0.148. The highest BCUT2D eigenvalue weighted by atomic mass is 16.5. The second-order valence-electron chi connectivity index (χ2n) is 7.06. The Balaban J connectivity index is 1.67. The standard InChI is InChI=1S/C25H19N3O2/c1-30-23-16-18(20-11-5-7-17-8-6-13-26-24(17)20)15-21(25(23)29)22-12-14-27-28(22)19-9-3-2-4-10-19/h2-16,18H,1H3. The molecule has 5 rings (SSSR count). The summed E-state index contributed by atoms with van der Waals surface area (Å²) in [6.45, 7) is 0. The second kappa shape index (κ2) is 7.44. The van der Waals surface area contributed by atoms with Gasteiger partial charge in [0.25, 0.3) is 0 Å². The van der Waals surface area contributed by atoms with Crippen LogP contribution in [0.25, 0.3) is 22.2 Å². The van der Waals surface area contributed by atoms with Gasteiger partial charge in [-0.1, -0.05) is 48.5 Å². The van der Waals surface area contributed by atoms with Crippen molar-refractivity contribution in [2.24, 2.45) is 0 Å². The summed E-state index contributed by atoms with van der Waals surface area (Å²) in [6.07, 6.45) is 7.33. The molecule has 0 saturated heterocycles. The lowest BCUT2D eigenvalue weighted by molar-refractivity contribution is -0.113. The maximum atomic E-state index is 13.2. The summed E-state index contributed by atoms with van der Waals surface area (Å²) < 4.78 is 7.24. The van der Waals surface area contributed by atoms with E-state index in [4.69, 9.17) is 4.74 Å². The van der Waals surface area contributed by atoms with Gasteiger partial charge in [0.2, 0.25) is 5.78 Å². The third-order valence-corrected chi connectivity index (χ3v) is 5.31. The number of carbonyl (C=O) groups is 1. The number of hydrogen-bond acceptors (Lipinski definition) is 4. The summed E-state index contributed by atoms with van der Waals surface area (Å²) in [5.41, 5.74) is 4.13. The van der Waals surface area contributed by atoms with E-state index >= 15 is 0 Å². The Kier molecular flexibility index (Phi) is 4.48. The van der Waals surface area contributed by atoms with Crippen molar-refractivity contribution in [1.29, 1.82) is 0 Å². The van der Waals surface area contributed by atoms with Crippen molar-refractivity contribution < 1.29 is 9.53 Å². The van der Waals surface area contributed by atoms with Gasteiger partial charge in [-0.05, 0) is 35.9 Å². The summed E-state index contributed by atoms with van der Waals surface area (Å²) >= 11 is 0. The minimum atomic E-state index is -0.153. The van der Waals surface area contributed by atoms with Gasteiger partial charge in [0.1, 0.15) is 0 Å². The Hall–Kier alpha value is -3.99. The Morgan fingerprint density at radius 1 is 0.900 bits per heavy atom. The van der Waals surface area contributed by atoms with E-state index < -0.39 is 0 Å². The number of aromatic nitrogens is 3. The van der Waals surface area contributed by atoms with Crippen LogP contribution in [0.1, 0.15) is 17.2 Å². The average Bonchev–Trinajstić information content (AvgIpc) is 3.29. The zero-order valence-electron chi connectivity index (χ0n) is 16.4. The van der Waals surface area contributed by atoms with E-state index in [9.17, 15) is 4.79 Å². The average molecular weight is 393 g/mol. The molecule has 1 aliphatic rings. The third kappa shape index (κ3) is 3.01. The predicted octanol–water partition coefficient (Wildman–Crippen LogP) is 4.70. The Morgan fingerprint density at radius 2 is 1.73 bits per heavy atom. The molecule has 0 aliphatic heterocycles. The molecule has 5 heteroatoms. The summed E-state index contributed by atoms with van der Waals surface area (Å²) in [5, 5.41) is 5.50. The van der Waals surface area contributed by atoms with Crippen LogP contribution in [0.15, 0.2) is 97.0 Å². The first-order valence-electron chi connectivity index (χ1n) is 9.72. The van der Waals surface area contributed by atoms with Crippen LogP contribution in [0.2, 0.25) is 0 Å². The number of fused-ring (bicyclic) bond motifs is 1. The smallest absolute Gasteiger partial charge is 0.229 e. The number of pyridine rings is 1. The van der Waals surface area contributed by atoms with Crippen LogP contribution >= 0.6 is 0 Å². The zero-order chi connectivity index (χ0) is 20.5. The number of para-hydroxylation sites is 2. The van der Waals surface area contributed by atoms with Crippen molar-refractivity contribution in [1.82, 2.24) is 14.8 Å². The van der Waals surface area contributed by atoms with Crippen LogP contribution in [-0.4, -0.2) is 27.7 Å². The Bertz CT molecular complexity index is 1300. The topological polar surface area (TPSA) is 57.0 Å². The monoisotopic (exact) mass is 393 g/mol. The van der Waals surface area contributed by atoms with Crippen LogP contribution in [0, 0.1) is 0 Å². The van der Waals surface area contributed by atoms with E-state index in [1.807, 2.05) is 78.9 Å². The van der Waals surface area contributed by atoms with Gasteiger partial charge in [-0.3, -0.25) is 9.78 Å². The molecular weight excluding hydrogens is 374 g/mol. The summed E-state index contributed by atoms with van der Waals surface area (Å²) in [7, 11) is 1.53. The van der Waals surface area contributed by atoms with Gasteiger partial charge in [0.15, 0.2) is 5.76 Å². The maximum Gasteiger partial charge on any atom is 0.229 e. The van der Waals surface area contributed by atoms with Crippen molar-refractivity contribution in [3.8, 4) is 5.69 Å². The quantitative estimate of drug-likeness (QED) is 0.504. The zero-order valence-corrected chi connectivity index (χ0v) is 16.4. The number of Topliss-reactive ketones (excluding diaryl/α,β-unsaturated/α-hetero) is 1. The molecule has 2 heterocycles. The lowest BCUT2D eigenvalue weighted by atomic mass is 9.87. The van der Waals surface area contributed by atoms with Crippen molar-refractivity contribution >= 4 is 22.3 Å². The molecule has 0 bridgehead atoms. The van der Waals surface area contributed by atoms with Crippen LogP contribution < -0.4 is 0 Å². The molecule has 146 valence electrons. The Morgan fingerprint density at radius 3 is 2.57 bits per heavy atom. The highest BCUT2D eigenvalue weighted by Crippen LogP contribution is 2.35. The molecule has 5 nitrogen and oxygen atoms in total. The number of methoxy groups -OCH3 is 1. The van der Waals surface area contributed by atoms with Gasteiger partial charge in [0, 0.05) is 23.1 Å². The normalized spacial score (nSPS) is 16.3. The number of ether oxygens (including phenoxy) is 1. The highest BCUT2D eigenvalue weighted by molar-refractivity contribution is 6.28. The molecule has 4 aromatic rings. The van der Waals surface area contributed by atoms with E-state index in [1.54, 1.807) is 17.1 Å². The molecule has 2 aromatic heterocycles. The molecule has 1 aliphatic carbocycles. The minimum Gasteiger partial charge on any atom is -0.493 e. The highest BCUT2D eigenvalue weighted by Gasteiger charge is 2.28. The first-order valence-corrected chi connectivity index (χ1v) is 9.72. The van der Waals surface area contributed by atoms with Gasteiger partial charge < -0.3 is 4.74 Å². The summed E-state index contributed by atoms with van der Waals surface area (Å²) in [6, 6.07) is 21.7. The molecule has 2 aromatic carbocycles. The first-order chi connectivity index (χ1) is 14.8. The SMILES string of the molecule is COC1=CC(c2cccc3cccnc23)C=C(c2ccnn2-c2ccccc2)C1=O. The number of ketones is 1. The number of carbonyl (C=O) groups excluding carboxylic acids is 1. The molecule has 0 N–H and O–H groups in total. The van der Waals surface area contributed by atoms with E-state index in [1.165, 1.54) is 7.11 Å². The van der Waals surface area contributed by atoms with Crippen LogP contribution in [0.5, 0.6) is 0 Å². The van der Waals surface area contributed by atoms with Crippen LogP contribution in [0.3, 0.4) is 0 Å². The number of rotatable bonds is 4. The molecule has 1 unspecified atom stereocenters. The first kappa shape index (κ1) is 18.1. The summed E-state index contributed by atoms with van der Waals surface area (Å²) in [4.78, 5) is 17.7. The van der Waals surface area contributed by atoms with E-state index in [0.29, 0.717) is 11.3 Å². The molecule has 0 radical (unpaired) electrons. The van der Waals surface area contributed by atoms with E-state index in [2.05, 4.69) is 10.1 Å². The number of nitrogens with zero attached hydrogens (tertiary/aromatic N) is 3. The summed E-state index contributed by atoms with van der Waals surface area (Å²) in [5.74, 6) is 0.0243. The second-order valence-corrected chi connectivity index (χ2v) is 7.06. The van der Waals surface area contributed by atoms with Gasteiger partial charge in [-0.2, -0.15) is 5.10 Å². The van der Waals surface area contributed by atoms with Crippen LogP contribution in [-0.2, 0) is 9.53 Å². The lowest BCUT2D eigenvalue weighted by Gasteiger charge is -2.21. The predicted molar refractivity (Wildman–Crippen MR) is 116 cm³/mol. The maximum absolute atomic E-state index is 13.2. The van der Waals surface area contributed by atoms with Gasteiger partial charge in [-0.15, -0.1) is 0 Å².